The summed E-state index contributed by atoms with van der Waals surface area (Å²) in [5.41, 5.74) is -1.79. The molecule has 0 spiro atoms. The van der Waals surface area contributed by atoms with Crippen LogP contribution >= 0.6 is 6.89 Å². The van der Waals surface area contributed by atoms with E-state index in [-0.39, 0.29) is 51.8 Å². The van der Waals surface area contributed by atoms with Crippen LogP contribution in [0.25, 0.3) is 0 Å². The molecule has 0 unspecified atom stereocenters. The SMILES string of the molecule is C=C[C@@H]1C[C@@H](O[Si](C)(C)C(C)(C)C)CN1S(=O)(=O)c1ccc(C(F)(F)F)cc1.C=P(c1ccccc1)(c1ccccc1)c1ccccc1.CC(C)(C)[Si](C)(C)O[C@@H]1C[C@@H](CO)N(S(=O)(=O)c2ccc(C(F)(F)F)cc2)C1. The van der Waals surface area contributed by atoms with Crippen LogP contribution in [0.2, 0.25) is 36.3 Å². The second kappa shape index (κ2) is 24.1. The largest absolute Gasteiger partial charge is 0.416 e. The van der Waals surface area contributed by atoms with Gasteiger partial charge in [0.1, 0.15) is 0 Å². The molecule has 76 heavy (non-hydrogen) atoms. The van der Waals surface area contributed by atoms with Gasteiger partial charge in [0.25, 0.3) is 0 Å². The van der Waals surface area contributed by atoms with Gasteiger partial charge >= 0.3 is 12.4 Å². The third-order valence-corrected chi connectivity index (χ3v) is 31.2. The zero-order chi connectivity index (χ0) is 56.9. The van der Waals surface area contributed by atoms with Crippen molar-refractivity contribution in [2.75, 3.05) is 19.7 Å². The fourth-order valence-electron chi connectivity index (χ4n) is 8.35. The molecule has 2 aliphatic rings. The Morgan fingerprint density at radius 3 is 1.18 bits per heavy atom. The predicted octanol–water partition coefficient (Wildman–Crippen LogP) is 12.3. The zero-order valence-electron chi connectivity index (χ0n) is 44.9. The minimum Gasteiger partial charge on any atom is -0.413 e. The number of hydrogen-bond donors (Lipinski definition) is 1. The van der Waals surface area contributed by atoms with Gasteiger partial charge in [0, 0.05) is 19.1 Å². The van der Waals surface area contributed by atoms with Gasteiger partial charge in [-0.2, -0.15) is 35.0 Å². The van der Waals surface area contributed by atoms with E-state index in [1.165, 1.54) is 20.2 Å². The lowest BCUT2D eigenvalue weighted by atomic mass is 10.2. The summed E-state index contributed by atoms with van der Waals surface area (Å²) in [5, 5.41) is 13.6. The third-order valence-electron chi connectivity index (χ3n) is 14.8. The number of nitrogens with zero attached hydrogens (tertiary/aromatic N) is 2. The Morgan fingerprint density at radius 1 is 0.566 bits per heavy atom. The van der Waals surface area contributed by atoms with E-state index in [9.17, 15) is 48.3 Å². The van der Waals surface area contributed by atoms with Crippen LogP contribution in [-0.2, 0) is 41.3 Å². The quantitative estimate of drug-likeness (QED) is 0.0541. The molecule has 4 atom stereocenters. The maximum atomic E-state index is 13.0. The standard InChI is InChI=1S/C19H28F3NO3SSi.C19H17P.C18H28F3NO4SSi/c1-7-15-12-16(26-28(5,6)18(2,3)4)13-23(15)27(24,25)17-10-8-14(9-11-17)19(20,21)22;1-20(17-11-5-2-6-12-17,18-13-7-3-8-14-18)19-15-9-4-10-16-19;1-17(2,3)28(4,5)26-15-10-14(12-23)22(11-15)27(24,25)16-8-6-13(7-9-16)18(19,20)21/h7-11,15-16H,1,12-13H2,2-6H3;2-16H,1H2;6-9,14-15,23H,10-12H2,1-5H3/t15-,16-;;14-,15+/m1.0/s1. The Morgan fingerprint density at radius 2 is 0.882 bits per heavy atom. The molecule has 5 aromatic rings. The summed E-state index contributed by atoms with van der Waals surface area (Å²) in [6.45, 7) is 22.7. The second-order valence-electron chi connectivity index (χ2n) is 22.1. The van der Waals surface area contributed by atoms with Crippen LogP contribution < -0.4 is 15.9 Å². The van der Waals surface area contributed by atoms with Crippen molar-refractivity contribution in [1.82, 2.24) is 8.61 Å². The van der Waals surface area contributed by atoms with E-state index < -0.39 is 79.1 Å². The summed E-state index contributed by atoms with van der Waals surface area (Å²) < 4.78 is 144. The van der Waals surface area contributed by atoms with Crippen LogP contribution in [0, 0.1) is 0 Å². The maximum absolute atomic E-state index is 13.0. The van der Waals surface area contributed by atoms with Crippen molar-refractivity contribution in [3.05, 3.63) is 163 Å². The van der Waals surface area contributed by atoms with Crippen LogP contribution in [0.4, 0.5) is 26.3 Å². The van der Waals surface area contributed by atoms with E-state index in [0.29, 0.717) is 12.8 Å². The van der Waals surface area contributed by atoms with Crippen LogP contribution in [0.3, 0.4) is 0 Å². The van der Waals surface area contributed by atoms with E-state index in [2.05, 4.69) is 165 Å². The molecule has 9 nitrogen and oxygen atoms in total. The minimum atomic E-state index is -4.54. The number of rotatable bonds is 13. The van der Waals surface area contributed by atoms with Gasteiger partial charge in [-0.15, -0.1) is 6.58 Å². The van der Waals surface area contributed by atoms with Crippen molar-refractivity contribution in [2.45, 2.75) is 137 Å². The lowest BCUT2D eigenvalue weighted by Crippen LogP contribution is -2.44. The van der Waals surface area contributed by atoms with Crippen molar-refractivity contribution in [3.63, 3.8) is 0 Å². The van der Waals surface area contributed by atoms with E-state index in [0.717, 1.165) is 52.8 Å². The lowest BCUT2D eigenvalue weighted by molar-refractivity contribution is -0.138. The Bertz CT molecular complexity index is 2870. The molecule has 2 saturated heterocycles. The first-order valence-electron chi connectivity index (χ1n) is 24.9. The van der Waals surface area contributed by atoms with Crippen molar-refractivity contribution < 1.29 is 57.1 Å². The molecule has 1 N–H and O–H groups in total. The average Bonchev–Trinajstić information content (AvgIpc) is 3.98. The van der Waals surface area contributed by atoms with Gasteiger partial charge in [-0.1, -0.05) is 145 Å². The molecule has 0 saturated carbocycles. The van der Waals surface area contributed by atoms with Gasteiger partial charge < -0.3 is 14.0 Å². The molecule has 2 fully saturated rings. The lowest BCUT2D eigenvalue weighted by Gasteiger charge is -2.38. The molecule has 7 rings (SSSR count). The van der Waals surface area contributed by atoms with Gasteiger partial charge in [-0.3, -0.25) is 0 Å². The maximum Gasteiger partial charge on any atom is 0.416 e. The van der Waals surface area contributed by atoms with Gasteiger partial charge in [0.15, 0.2) is 16.6 Å². The second-order valence-corrected chi connectivity index (χ2v) is 38.6. The Balaban J connectivity index is 0.000000213. The molecule has 416 valence electrons. The first kappa shape index (κ1) is 62.7. The zero-order valence-corrected chi connectivity index (χ0v) is 49.5. The predicted molar refractivity (Wildman–Crippen MR) is 301 cm³/mol. The monoisotopic (exact) mass is 1150 g/mol. The molecule has 0 radical (unpaired) electrons. The molecule has 0 aromatic heterocycles. The molecule has 2 heterocycles. The van der Waals surface area contributed by atoms with Crippen LogP contribution in [0.1, 0.15) is 65.5 Å². The van der Waals surface area contributed by atoms with E-state index in [1.54, 1.807) is 6.08 Å². The highest BCUT2D eigenvalue weighted by Crippen LogP contribution is 2.43. The fourth-order valence-corrected chi connectivity index (χ4v) is 17.3. The van der Waals surface area contributed by atoms with E-state index in [1.807, 2.05) is 0 Å². The van der Waals surface area contributed by atoms with Crippen molar-refractivity contribution in [3.8, 4) is 0 Å². The molecule has 20 heteroatoms. The third kappa shape index (κ3) is 14.7. The molecule has 2 aliphatic heterocycles. The van der Waals surface area contributed by atoms with Crippen LogP contribution in [-0.4, -0.2) is 97.5 Å². The van der Waals surface area contributed by atoms with Crippen LogP contribution in [0.15, 0.2) is 162 Å². The van der Waals surface area contributed by atoms with Gasteiger partial charge in [-0.05, 0) is 120 Å². The Labute approximate surface area is 449 Å². The molecule has 5 aromatic carbocycles. The molecular formula is C56H73F6N2O7PS2Si2. The number of halogens is 6. The summed E-state index contributed by atoms with van der Waals surface area (Å²) in [6, 6.07) is 37.8. The van der Waals surface area contributed by atoms with Crippen molar-refractivity contribution >= 4 is 65.8 Å². The summed E-state index contributed by atoms with van der Waals surface area (Å²) in [5.74, 6) is 0. The van der Waals surface area contributed by atoms with E-state index >= 15 is 0 Å². The molecular weight excluding hydrogens is 1080 g/mol. The summed E-state index contributed by atoms with van der Waals surface area (Å²) >= 11 is 0. The number of aliphatic hydroxyl groups is 1. The fraction of sp³-hybridized carbons (Fsp3) is 0.411. The highest BCUT2D eigenvalue weighted by atomic mass is 32.2. The summed E-state index contributed by atoms with van der Waals surface area (Å²) in [6.07, 6.45) is -2.60. The smallest absolute Gasteiger partial charge is 0.413 e. The number of aliphatic hydroxyl groups excluding tert-OH is 1. The number of alkyl halides is 6. The molecule has 0 aliphatic carbocycles. The molecule has 0 amide bonds. The van der Waals surface area contributed by atoms with Gasteiger partial charge in [-0.25, -0.2) is 16.8 Å². The Hall–Kier alpha value is -4.15. The summed E-state index contributed by atoms with van der Waals surface area (Å²) in [7, 11) is -12.2. The normalized spacial score (nSPS) is 19.5. The number of benzene rings is 5. The molecule has 0 bridgehead atoms. The van der Waals surface area contributed by atoms with Gasteiger partial charge in [0.2, 0.25) is 20.0 Å². The average molecular weight is 1150 g/mol. The highest BCUT2D eigenvalue weighted by molar-refractivity contribution is 7.93. The Kier molecular flexibility index (Phi) is 19.9. The van der Waals surface area contributed by atoms with Crippen molar-refractivity contribution in [2.24, 2.45) is 0 Å². The first-order valence-corrected chi connectivity index (χ1v) is 35.6. The van der Waals surface area contributed by atoms with Crippen LogP contribution in [0.5, 0.6) is 0 Å². The number of sulfonamides is 2. The summed E-state index contributed by atoms with van der Waals surface area (Å²) in [4.78, 5) is -0.396. The number of hydrogen-bond acceptors (Lipinski definition) is 7. The van der Waals surface area contributed by atoms with Gasteiger partial charge in [0.05, 0.1) is 45.8 Å². The topological polar surface area (TPSA) is 113 Å². The first-order chi connectivity index (χ1) is 35.0. The van der Waals surface area contributed by atoms with Crippen molar-refractivity contribution in [1.29, 1.82) is 0 Å². The minimum absolute atomic E-state index is 0.0175. The van der Waals surface area contributed by atoms with E-state index in [4.69, 9.17) is 15.2 Å². The highest BCUT2D eigenvalue weighted by Gasteiger charge is 2.47.